The summed E-state index contributed by atoms with van der Waals surface area (Å²) in [6.45, 7) is 8.91. The molecule has 0 saturated carbocycles. The van der Waals surface area contributed by atoms with Gasteiger partial charge in [0.2, 0.25) is 0 Å². The van der Waals surface area contributed by atoms with E-state index < -0.39 is 0 Å². The molecule has 0 nitrogen and oxygen atoms in total. The maximum atomic E-state index is 3.49. The molecule has 6 rings (SSSR count). The van der Waals surface area contributed by atoms with Gasteiger partial charge in [0.1, 0.15) is 0 Å². The summed E-state index contributed by atoms with van der Waals surface area (Å²) >= 11 is 0. The van der Waals surface area contributed by atoms with E-state index in [1.807, 2.05) is 0 Å². The van der Waals surface area contributed by atoms with Crippen LogP contribution in [0.25, 0.3) is 22.3 Å². The van der Waals surface area contributed by atoms with Gasteiger partial charge < -0.3 is 0 Å². The fourth-order valence-electron chi connectivity index (χ4n) is 7.71. The van der Waals surface area contributed by atoms with Crippen molar-refractivity contribution in [1.82, 2.24) is 0 Å². The molecule has 0 atom stereocenters. The Bertz CT molecular complexity index is 1820. The van der Waals surface area contributed by atoms with Crippen molar-refractivity contribution in [1.29, 1.82) is 0 Å². The molecular formula is C52H54. The summed E-state index contributed by atoms with van der Waals surface area (Å²) in [5.41, 5.74) is 15.6. The first-order chi connectivity index (χ1) is 25.6. The van der Waals surface area contributed by atoms with Crippen LogP contribution < -0.4 is 0 Å². The zero-order chi connectivity index (χ0) is 36.1. The molecule has 262 valence electrons. The predicted octanol–water partition coefficient (Wildman–Crippen LogP) is 13.6. The van der Waals surface area contributed by atoms with Crippen molar-refractivity contribution in [2.45, 2.75) is 129 Å². The molecular weight excluding hydrogens is 625 g/mol. The van der Waals surface area contributed by atoms with Gasteiger partial charge in [-0.15, -0.1) is 0 Å². The minimum absolute atomic E-state index is 0.293. The van der Waals surface area contributed by atoms with Crippen LogP contribution in [0.3, 0.4) is 0 Å². The zero-order valence-corrected chi connectivity index (χ0v) is 32.0. The standard InChI is InChI=1S/C52H54/c1-5-9-13-17-21-39-25-29-43-44-30-26-40(22-18-14-10-6-2)36-50(44)47(49(43)35-39)33-34-48-51-37-41(23-19-15-11-7-3)27-31-45(51)46-32-28-42(38-52(46)48)24-20-16-12-8-4/h25-32,35-38,47-48H,5-16,33-34H2,1-4H3. The minimum Gasteiger partial charge on any atom is -0.0979 e. The van der Waals surface area contributed by atoms with E-state index in [4.69, 9.17) is 0 Å². The second-order valence-electron chi connectivity index (χ2n) is 14.5. The van der Waals surface area contributed by atoms with E-state index in [1.165, 1.54) is 70.2 Å². The molecule has 0 fully saturated rings. The van der Waals surface area contributed by atoms with Gasteiger partial charge in [-0.1, -0.05) is 125 Å². The van der Waals surface area contributed by atoms with Crippen LogP contribution >= 0.6 is 0 Å². The Morgan fingerprint density at radius 2 is 0.615 bits per heavy atom. The third-order valence-corrected chi connectivity index (χ3v) is 10.6. The smallest absolute Gasteiger partial charge is 0.0248 e. The Hall–Kier alpha value is -4.88. The summed E-state index contributed by atoms with van der Waals surface area (Å²) in [7, 11) is 0. The molecule has 0 aromatic heterocycles. The quantitative estimate of drug-likeness (QED) is 0.109. The molecule has 0 N–H and O–H groups in total. The summed E-state index contributed by atoms with van der Waals surface area (Å²) in [5.74, 6) is 28.3. The van der Waals surface area contributed by atoms with E-state index in [-0.39, 0.29) is 0 Å². The Morgan fingerprint density at radius 3 is 0.846 bits per heavy atom. The van der Waals surface area contributed by atoms with E-state index in [9.17, 15) is 0 Å². The highest BCUT2D eigenvalue weighted by Crippen LogP contribution is 2.52. The van der Waals surface area contributed by atoms with Crippen LogP contribution in [0.5, 0.6) is 0 Å². The number of fused-ring (bicyclic) bond motifs is 6. The molecule has 0 heterocycles. The fourth-order valence-corrected chi connectivity index (χ4v) is 7.71. The average molecular weight is 679 g/mol. The van der Waals surface area contributed by atoms with Crippen LogP contribution in [0.1, 0.15) is 174 Å². The van der Waals surface area contributed by atoms with Crippen molar-refractivity contribution in [3.63, 3.8) is 0 Å². The van der Waals surface area contributed by atoms with Gasteiger partial charge in [-0.05, 0) is 132 Å². The molecule has 0 amide bonds. The number of unbranched alkanes of at least 4 members (excludes halogenated alkanes) is 8. The van der Waals surface area contributed by atoms with E-state index in [2.05, 4.69) is 148 Å². The summed E-state index contributed by atoms with van der Waals surface area (Å²) in [4.78, 5) is 0. The van der Waals surface area contributed by atoms with Crippen molar-refractivity contribution in [2.24, 2.45) is 0 Å². The number of hydrogen-bond donors (Lipinski definition) is 0. The Labute approximate surface area is 315 Å². The molecule has 4 aromatic carbocycles. The third kappa shape index (κ3) is 8.76. The predicted molar refractivity (Wildman–Crippen MR) is 222 cm³/mol. The lowest BCUT2D eigenvalue weighted by Crippen LogP contribution is -2.04. The van der Waals surface area contributed by atoms with Crippen LogP contribution in [0.4, 0.5) is 0 Å². The van der Waals surface area contributed by atoms with Gasteiger partial charge in [0.05, 0.1) is 0 Å². The van der Waals surface area contributed by atoms with E-state index in [0.717, 1.165) is 86.5 Å². The van der Waals surface area contributed by atoms with Gasteiger partial charge >= 0.3 is 0 Å². The van der Waals surface area contributed by atoms with Gasteiger partial charge in [-0.3, -0.25) is 0 Å². The molecule has 0 saturated heterocycles. The monoisotopic (exact) mass is 678 g/mol. The second kappa shape index (κ2) is 18.6. The van der Waals surface area contributed by atoms with Crippen LogP contribution in [0.15, 0.2) is 72.8 Å². The van der Waals surface area contributed by atoms with E-state index in [1.54, 1.807) is 0 Å². The molecule has 0 aliphatic heterocycles. The van der Waals surface area contributed by atoms with Crippen molar-refractivity contribution in [2.75, 3.05) is 0 Å². The topological polar surface area (TPSA) is 0 Å². The molecule has 0 spiro atoms. The average Bonchev–Trinajstić information content (AvgIpc) is 3.64. The molecule has 2 aliphatic rings. The minimum atomic E-state index is 0.293. The SMILES string of the molecule is CCCCC#Cc1ccc2c(c1)C(CCC1c3cc(C#CCCCC)ccc3-c3ccc(C#CCCCC)cc31)c1cc(C#CCCCC)ccc1-2. The number of rotatable bonds is 11. The molecule has 2 aliphatic carbocycles. The van der Waals surface area contributed by atoms with Gasteiger partial charge in [-0.2, -0.15) is 0 Å². The molecule has 0 unspecified atom stereocenters. The summed E-state index contributed by atoms with van der Waals surface area (Å²) < 4.78 is 0. The Morgan fingerprint density at radius 1 is 0.365 bits per heavy atom. The number of hydrogen-bond acceptors (Lipinski definition) is 0. The first-order valence-corrected chi connectivity index (χ1v) is 20.2. The highest BCUT2D eigenvalue weighted by molar-refractivity contribution is 5.82. The van der Waals surface area contributed by atoms with Gasteiger partial charge in [0.25, 0.3) is 0 Å². The molecule has 52 heavy (non-hydrogen) atoms. The van der Waals surface area contributed by atoms with Crippen LogP contribution in [0.2, 0.25) is 0 Å². The highest BCUT2D eigenvalue weighted by atomic mass is 14.4. The largest absolute Gasteiger partial charge is 0.0979 e. The maximum absolute atomic E-state index is 3.49. The highest BCUT2D eigenvalue weighted by Gasteiger charge is 2.33. The van der Waals surface area contributed by atoms with Crippen LogP contribution in [0, 0.1) is 47.4 Å². The molecule has 0 radical (unpaired) electrons. The fraction of sp³-hybridized carbons (Fsp3) is 0.385. The Kier molecular flexibility index (Phi) is 13.2. The molecule has 0 heteroatoms. The van der Waals surface area contributed by atoms with Crippen molar-refractivity contribution >= 4 is 0 Å². The Balaban J connectivity index is 1.38. The molecule has 4 aromatic rings. The lowest BCUT2D eigenvalue weighted by atomic mass is 9.84. The molecule has 0 bridgehead atoms. The van der Waals surface area contributed by atoms with Crippen LogP contribution in [-0.4, -0.2) is 0 Å². The maximum Gasteiger partial charge on any atom is 0.0248 e. The number of benzene rings is 4. The van der Waals surface area contributed by atoms with Gasteiger partial charge in [-0.25, -0.2) is 0 Å². The van der Waals surface area contributed by atoms with E-state index >= 15 is 0 Å². The normalized spacial score (nSPS) is 12.2. The second-order valence-corrected chi connectivity index (χ2v) is 14.5. The third-order valence-electron chi connectivity index (χ3n) is 10.6. The van der Waals surface area contributed by atoms with Gasteiger partial charge in [0, 0.05) is 59.8 Å². The lowest BCUT2D eigenvalue weighted by Gasteiger charge is -2.19. The summed E-state index contributed by atoms with van der Waals surface area (Å²) in [6.07, 6.45) is 15.2. The lowest BCUT2D eigenvalue weighted by molar-refractivity contribution is 0.625. The first-order valence-electron chi connectivity index (χ1n) is 20.2. The summed E-state index contributed by atoms with van der Waals surface area (Å²) in [5, 5.41) is 0. The zero-order valence-electron chi connectivity index (χ0n) is 32.0. The summed E-state index contributed by atoms with van der Waals surface area (Å²) in [6, 6.07) is 27.7. The van der Waals surface area contributed by atoms with Crippen molar-refractivity contribution < 1.29 is 0 Å². The van der Waals surface area contributed by atoms with E-state index in [0.29, 0.717) is 11.8 Å². The first kappa shape index (κ1) is 36.9. The van der Waals surface area contributed by atoms with Crippen molar-refractivity contribution in [3.05, 3.63) is 117 Å². The van der Waals surface area contributed by atoms with Crippen molar-refractivity contribution in [3.8, 4) is 69.6 Å². The van der Waals surface area contributed by atoms with Gasteiger partial charge in [0.15, 0.2) is 0 Å². The van der Waals surface area contributed by atoms with Crippen LogP contribution in [-0.2, 0) is 0 Å².